The zero-order chi connectivity index (χ0) is 19.3. The second kappa shape index (κ2) is 6.80. The molecule has 1 fully saturated rings. The van der Waals surface area contributed by atoms with E-state index in [0.717, 1.165) is 41.8 Å². The zero-order valence-electron chi connectivity index (χ0n) is 15.6. The summed E-state index contributed by atoms with van der Waals surface area (Å²) in [5.41, 5.74) is 3.90. The van der Waals surface area contributed by atoms with Crippen molar-refractivity contribution in [3.05, 3.63) is 47.8 Å². The first kappa shape index (κ1) is 17.5. The Bertz CT molecular complexity index is 1020. The van der Waals surface area contributed by atoms with Crippen LogP contribution < -0.4 is 10.1 Å². The predicted molar refractivity (Wildman–Crippen MR) is 102 cm³/mol. The molecule has 4 heterocycles. The van der Waals surface area contributed by atoms with Gasteiger partial charge in [-0.2, -0.15) is 0 Å². The summed E-state index contributed by atoms with van der Waals surface area (Å²) in [6.45, 7) is 3.58. The average Bonchev–Trinajstić information content (AvgIpc) is 3.26. The van der Waals surface area contributed by atoms with E-state index in [9.17, 15) is 10.2 Å². The minimum absolute atomic E-state index is 0.322. The zero-order valence-corrected chi connectivity index (χ0v) is 15.6. The Hall–Kier alpha value is -2.55. The summed E-state index contributed by atoms with van der Waals surface area (Å²) in [6, 6.07) is 1.62. The van der Waals surface area contributed by atoms with Crippen LogP contribution in [0.15, 0.2) is 31.0 Å². The summed E-state index contributed by atoms with van der Waals surface area (Å²) >= 11 is 0. The van der Waals surface area contributed by atoms with E-state index in [1.54, 1.807) is 6.20 Å². The Morgan fingerprint density at radius 1 is 1.21 bits per heavy atom. The van der Waals surface area contributed by atoms with Gasteiger partial charge in [-0.3, -0.25) is 4.98 Å². The van der Waals surface area contributed by atoms with Crippen molar-refractivity contribution in [3.8, 4) is 5.75 Å². The van der Waals surface area contributed by atoms with Crippen LogP contribution in [0.25, 0.3) is 11.0 Å². The normalized spacial score (nSPS) is 27.1. The number of hydrogen-bond donors (Lipinski definition) is 3. The standard InChI is InChI=1S/C20H23N5O3/c1-11-13-3-5-25(20(13)24-10-23-11)15-6-16(19(27)18(15)26)28-17-9-22-7-12-2-4-21-8-14(12)17/h3,5,7,9-10,15-16,18-19,21,26-27H,2,4,6,8H2,1H3. The van der Waals surface area contributed by atoms with Crippen molar-refractivity contribution in [2.75, 3.05) is 6.54 Å². The second-order valence-corrected chi connectivity index (χ2v) is 7.56. The highest BCUT2D eigenvalue weighted by molar-refractivity contribution is 5.78. The maximum Gasteiger partial charge on any atom is 0.143 e. The molecule has 0 saturated heterocycles. The van der Waals surface area contributed by atoms with E-state index < -0.39 is 18.3 Å². The first-order valence-electron chi connectivity index (χ1n) is 9.61. The van der Waals surface area contributed by atoms with Crippen LogP contribution >= 0.6 is 0 Å². The van der Waals surface area contributed by atoms with Gasteiger partial charge in [0.2, 0.25) is 0 Å². The number of rotatable bonds is 3. The molecule has 4 unspecified atom stereocenters. The number of ether oxygens (including phenoxy) is 1. The molecule has 1 aliphatic heterocycles. The Kier molecular flexibility index (Phi) is 4.26. The lowest BCUT2D eigenvalue weighted by Crippen LogP contribution is -2.35. The molecule has 3 aromatic heterocycles. The summed E-state index contributed by atoms with van der Waals surface area (Å²) in [4.78, 5) is 12.9. The van der Waals surface area contributed by atoms with Crippen LogP contribution in [-0.4, -0.2) is 54.6 Å². The molecule has 0 bridgehead atoms. The van der Waals surface area contributed by atoms with Crippen molar-refractivity contribution in [2.45, 2.75) is 50.7 Å². The Labute approximate surface area is 162 Å². The number of aliphatic hydroxyl groups is 2. The Balaban J connectivity index is 1.43. The van der Waals surface area contributed by atoms with Gasteiger partial charge in [0, 0.05) is 36.3 Å². The highest BCUT2D eigenvalue weighted by Gasteiger charge is 2.44. The molecule has 1 saturated carbocycles. The lowest BCUT2D eigenvalue weighted by Gasteiger charge is -2.23. The Morgan fingerprint density at radius 3 is 3.00 bits per heavy atom. The van der Waals surface area contributed by atoms with E-state index in [1.165, 1.54) is 11.9 Å². The minimum atomic E-state index is -0.988. The highest BCUT2D eigenvalue weighted by Crippen LogP contribution is 2.37. The number of fused-ring (bicyclic) bond motifs is 2. The maximum absolute atomic E-state index is 10.7. The third-order valence-electron chi connectivity index (χ3n) is 5.92. The van der Waals surface area contributed by atoms with Crippen LogP contribution in [0.2, 0.25) is 0 Å². The maximum atomic E-state index is 10.7. The number of aryl methyl sites for hydroxylation is 1. The Morgan fingerprint density at radius 2 is 2.11 bits per heavy atom. The van der Waals surface area contributed by atoms with E-state index in [4.69, 9.17) is 4.74 Å². The molecular formula is C20H23N5O3. The smallest absolute Gasteiger partial charge is 0.143 e. The third kappa shape index (κ3) is 2.76. The average molecular weight is 381 g/mol. The van der Waals surface area contributed by atoms with Crippen LogP contribution in [0.5, 0.6) is 5.75 Å². The topological polar surface area (TPSA) is 105 Å². The predicted octanol–water partition coefficient (Wildman–Crippen LogP) is 0.895. The van der Waals surface area contributed by atoms with Crippen molar-refractivity contribution >= 4 is 11.0 Å². The number of nitrogens with one attached hydrogen (secondary N) is 1. The van der Waals surface area contributed by atoms with Crippen molar-refractivity contribution in [3.63, 3.8) is 0 Å². The molecule has 146 valence electrons. The summed E-state index contributed by atoms with van der Waals surface area (Å²) in [6.07, 6.45) is 5.92. The van der Waals surface area contributed by atoms with Crippen molar-refractivity contribution in [2.24, 2.45) is 0 Å². The van der Waals surface area contributed by atoms with Gasteiger partial charge in [-0.15, -0.1) is 0 Å². The lowest BCUT2D eigenvalue weighted by molar-refractivity contribution is -0.0167. The van der Waals surface area contributed by atoms with Gasteiger partial charge in [-0.05, 0) is 31.5 Å². The molecule has 0 spiro atoms. The van der Waals surface area contributed by atoms with E-state index >= 15 is 0 Å². The molecule has 0 radical (unpaired) electrons. The second-order valence-electron chi connectivity index (χ2n) is 7.56. The van der Waals surface area contributed by atoms with Gasteiger partial charge in [-0.25, -0.2) is 9.97 Å². The largest absolute Gasteiger partial charge is 0.486 e. The van der Waals surface area contributed by atoms with Crippen LogP contribution in [0.4, 0.5) is 0 Å². The lowest BCUT2D eigenvalue weighted by atomic mass is 10.0. The number of nitrogens with zero attached hydrogens (tertiary/aromatic N) is 4. The molecule has 3 N–H and O–H groups in total. The number of aliphatic hydroxyl groups excluding tert-OH is 2. The van der Waals surface area contributed by atoms with Crippen molar-refractivity contribution in [1.82, 2.24) is 24.8 Å². The van der Waals surface area contributed by atoms with Crippen LogP contribution in [0.3, 0.4) is 0 Å². The van der Waals surface area contributed by atoms with Crippen LogP contribution in [0.1, 0.15) is 29.3 Å². The quantitative estimate of drug-likeness (QED) is 0.619. The van der Waals surface area contributed by atoms with Crippen molar-refractivity contribution in [1.29, 1.82) is 0 Å². The number of aromatic nitrogens is 4. The van der Waals surface area contributed by atoms with Gasteiger partial charge < -0.3 is 24.8 Å². The van der Waals surface area contributed by atoms with Crippen LogP contribution in [0, 0.1) is 6.92 Å². The molecule has 3 aromatic rings. The van der Waals surface area contributed by atoms with Gasteiger partial charge in [0.05, 0.1) is 17.9 Å². The minimum Gasteiger partial charge on any atom is -0.486 e. The molecule has 2 aliphatic rings. The first-order chi connectivity index (χ1) is 13.6. The molecule has 1 aliphatic carbocycles. The summed E-state index contributed by atoms with van der Waals surface area (Å²) in [5.74, 6) is 0.678. The van der Waals surface area contributed by atoms with Gasteiger partial charge in [0.1, 0.15) is 36.0 Å². The van der Waals surface area contributed by atoms with Crippen LogP contribution in [-0.2, 0) is 13.0 Å². The van der Waals surface area contributed by atoms with Crippen molar-refractivity contribution < 1.29 is 14.9 Å². The molecule has 28 heavy (non-hydrogen) atoms. The molecule has 5 rings (SSSR count). The van der Waals surface area contributed by atoms with E-state index in [2.05, 4.69) is 20.3 Å². The monoisotopic (exact) mass is 381 g/mol. The molecule has 0 amide bonds. The first-order valence-corrected chi connectivity index (χ1v) is 9.61. The fourth-order valence-electron chi connectivity index (χ4n) is 4.35. The van der Waals surface area contributed by atoms with Gasteiger partial charge >= 0.3 is 0 Å². The summed E-state index contributed by atoms with van der Waals surface area (Å²) < 4.78 is 8.08. The molecule has 0 aromatic carbocycles. The van der Waals surface area contributed by atoms with Gasteiger partial charge in [0.15, 0.2) is 0 Å². The fourth-order valence-corrected chi connectivity index (χ4v) is 4.35. The highest BCUT2D eigenvalue weighted by atomic mass is 16.5. The summed E-state index contributed by atoms with van der Waals surface area (Å²) in [7, 11) is 0. The number of pyridine rings is 1. The van der Waals surface area contributed by atoms with E-state index in [-0.39, 0.29) is 6.04 Å². The SMILES string of the molecule is Cc1ncnc2c1ccn2C1CC(Oc2cncc3c2CNCC3)C(O)C1O. The number of hydrogen-bond acceptors (Lipinski definition) is 7. The third-order valence-corrected chi connectivity index (χ3v) is 5.92. The van der Waals surface area contributed by atoms with Gasteiger partial charge in [-0.1, -0.05) is 0 Å². The fraction of sp³-hybridized carbons (Fsp3) is 0.450. The molecule has 8 nitrogen and oxygen atoms in total. The van der Waals surface area contributed by atoms with Gasteiger partial charge in [0.25, 0.3) is 0 Å². The molecular weight excluding hydrogens is 358 g/mol. The molecule has 4 atom stereocenters. The summed E-state index contributed by atoms with van der Waals surface area (Å²) in [5, 5.41) is 25.7. The van der Waals surface area contributed by atoms with E-state index in [1.807, 2.05) is 30.0 Å². The van der Waals surface area contributed by atoms with E-state index in [0.29, 0.717) is 12.2 Å². The molecule has 8 heteroatoms.